The molecule has 0 saturated heterocycles. The number of anilines is 2. The van der Waals surface area contributed by atoms with Crippen LogP contribution in [0.4, 0.5) is 20.3 Å². The first-order valence-electron chi connectivity index (χ1n) is 10.2. The number of nitrogen functional groups attached to an aromatic ring is 1. The number of carboxylic acid groups (broad SMARTS) is 1. The number of pyridine rings is 2. The van der Waals surface area contributed by atoms with Crippen molar-refractivity contribution in [1.82, 2.24) is 9.97 Å². The van der Waals surface area contributed by atoms with Crippen LogP contribution in [0.5, 0.6) is 5.88 Å². The number of nitrogens with zero attached hydrogens (tertiary/aromatic N) is 2. The molecule has 12 heteroatoms. The molecule has 0 fully saturated rings. The predicted octanol–water partition coefficient (Wildman–Crippen LogP) is 4.06. The minimum atomic E-state index is -4.44. The van der Waals surface area contributed by atoms with Crippen LogP contribution in [-0.4, -0.2) is 36.6 Å². The zero-order valence-corrected chi connectivity index (χ0v) is 19.4. The van der Waals surface area contributed by atoms with Gasteiger partial charge in [0.25, 0.3) is 10.0 Å². The Hall–Kier alpha value is -4.58. The van der Waals surface area contributed by atoms with Crippen molar-refractivity contribution in [2.75, 3.05) is 17.6 Å². The monoisotopic (exact) mass is 512 g/mol. The van der Waals surface area contributed by atoms with Gasteiger partial charge in [0, 0.05) is 34.9 Å². The standard InChI is InChI=1S/C24H18F2N4O5S/c1-35-24-20(30-36(33,34)21-6-4-17(25)11-18(21)26)10-16(12-28-24)13-2-5-19-15(8-13)9-14(23(27)29-19)3-7-22(31)32/h2-12,30H,1H3,(H2,27,29)(H,31,32)/b7-3+. The van der Waals surface area contributed by atoms with E-state index in [4.69, 9.17) is 15.6 Å². The van der Waals surface area contributed by atoms with E-state index >= 15 is 0 Å². The second kappa shape index (κ2) is 9.58. The highest BCUT2D eigenvalue weighted by Gasteiger charge is 2.22. The third-order valence-electron chi connectivity index (χ3n) is 5.09. The Morgan fingerprint density at radius 2 is 1.89 bits per heavy atom. The second-order valence-corrected chi connectivity index (χ2v) is 9.15. The fourth-order valence-corrected chi connectivity index (χ4v) is 4.53. The van der Waals surface area contributed by atoms with Gasteiger partial charge in [-0.1, -0.05) is 6.07 Å². The van der Waals surface area contributed by atoms with Gasteiger partial charge in [0.2, 0.25) is 5.88 Å². The van der Waals surface area contributed by atoms with Crippen LogP contribution in [0.25, 0.3) is 28.1 Å². The SMILES string of the molecule is COc1ncc(-c2ccc3nc(N)c(/C=C/C(=O)O)cc3c2)cc1NS(=O)(=O)c1ccc(F)cc1F. The van der Waals surface area contributed by atoms with Gasteiger partial charge in [0.15, 0.2) is 0 Å². The Balaban J connectivity index is 1.75. The number of sulfonamides is 1. The number of benzene rings is 2. The third-order valence-corrected chi connectivity index (χ3v) is 6.49. The first kappa shape index (κ1) is 24.5. The van der Waals surface area contributed by atoms with E-state index in [1.54, 1.807) is 24.3 Å². The van der Waals surface area contributed by atoms with Crippen molar-refractivity contribution >= 4 is 44.5 Å². The van der Waals surface area contributed by atoms with Crippen LogP contribution in [0.15, 0.2) is 65.7 Å². The summed E-state index contributed by atoms with van der Waals surface area (Å²) in [5.41, 5.74) is 7.90. The van der Waals surface area contributed by atoms with Crippen LogP contribution in [0, 0.1) is 11.6 Å². The molecular formula is C24H18F2N4O5S. The van der Waals surface area contributed by atoms with Gasteiger partial charge < -0.3 is 15.6 Å². The van der Waals surface area contributed by atoms with Gasteiger partial charge in [-0.3, -0.25) is 4.72 Å². The topological polar surface area (TPSA) is 144 Å². The van der Waals surface area contributed by atoms with Crippen molar-refractivity contribution < 1.29 is 31.8 Å². The van der Waals surface area contributed by atoms with Crippen molar-refractivity contribution in [2.45, 2.75) is 4.90 Å². The number of nitrogens with one attached hydrogen (secondary N) is 1. The Bertz CT molecular complexity index is 1640. The maximum atomic E-state index is 14.1. The third kappa shape index (κ3) is 5.08. The van der Waals surface area contributed by atoms with Crippen LogP contribution >= 0.6 is 0 Å². The van der Waals surface area contributed by atoms with Crippen LogP contribution < -0.4 is 15.2 Å². The fraction of sp³-hybridized carbons (Fsp3) is 0.0417. The number of aliphatic carboxylic acids is 1. The molecule has 2 heterocycles. The van der Waals surface area contributed by atoms with Gasteiger partial charge in [-0.2, -0.15) is 0 Å². The van der Waals surface area contributed by atoms with E-state index in [0.717, 1.165) is 18.2 Å². The number of carbonyl (C=O) groups is 1. The maximum Gasteiger partial charge on any atom is 0.328 e. The number of aromatic nitrogens is 2. The lowest BCUT2D eigenvalue weighted by atomic mass is 10.0. The van der Waals surface area contributed by atoms with E-state index < -0.39 is 32.5 Å². The minimum absolute atomic E-state index is 0.0684. The molecule has 0 bridgehead atoms. The predicted molar refractivity (Wildman–Crippen MR) is 130 cm³/mol. The molecule has 0 spiro atoms. The Labute approximate surface area is 203 Å². The van der Waals surface area contributed by atoms with E-state index in [1.165, 1.54) is 25.4 Å². The average molecular weight is 512 g/mol. The number of hydrogen-bond acceptors (Lipinski definition) is 7. The molecule has 0 aliphatic heterocycles. The molecule has 2 aromatic carbocycles. The van der Waals surface area contributed by atoms with Gasteiger partial charge in [0.05, 0.1) is 12.6 Å². The van der Waals surface area contributed by atoms with E-state index in [0.29, 0.717) is 33.7 Å². The summed E-state index contributed by atoms with van der Waals surface area (Å²) in [6.07, 6.45) is 3.72. The highest BCUT2D eigenvalue weighted by Crippen LogP contribution is 2.32. The molecule has 184 valence electrons. The molecule has 4 rings (SSSR count). The van der Waals surface area contributed by atoms with Crippen molar-refractivity contribution in [3.63, 3.8) is 0 Å². The van der Waals surface area contributed by atoms with Gasteiger partial charge >= 0.3 is 5.97 Å². The molecule has 4 aromatic rings. The molecule has 0 amide bonds. The number of fused-ring (bicyclic) bond motifs is 1. The number of nitrogens with two attached hydrogens (primary N) is 1. The van der Waals surface area contributed by atoms with Gasteiger partial charge in [-0.15, -0.1) is 0 Å². The highest BCUT2D eigenvalue weighted by atomic mass is 32.2. The molecule has 4 N–H and O–H groups in total. The quantitative estimate of drug-likeness (QED) is 0.314. The lowest BCUT2D eigenvalue weighted by Crippen LogP contribution is -2.15. The summed E-state index contributed by atoms with van der Waals surface area (Å²) in [6, 6.07) is 10.4. The Morgan fingerprint density at radius 3 is 2.58 bits per heavy atom. The Kier molecular flexibility index (Phi) is 6.53. The summed E-state index contributed by atoms with van der Waals surface area (Å²) in [5, 5.41) is 9.51. The van der Waals surface area contributed by atoms with E-state index in [1.807, 2.05) is 0 Å². The molecule has 2 aromatic heterocycles. The van der Waals surface area contributed by atoms with Crippen LogP contribution in [0.2, 0.25) is 0 Å². The van der Waals surface area contributed by atoms with Crippen LogP contribution in [0.3, 0.4) is 0 Å². The maximum absolute atomic E-state index is 14.1. The van der Waals surface area contributed by atoms with Crippen molar-refractivity contribution in [3.05, 3.63) is 78.0 Å². The van der Waals surface area contributed by atoms with Crippen molar-refractivity contribution in [3.8, 4) is 17.0 Å². The average Bonchev–Trinajstić information content (AvgIpc) is 2.81. The summed E-state index contributed by atoms with van der Waals surface area (Å²) in [6.45, 7) is 0. The summed E-state index contributed by atoms with van der Waals surface area (Å²) >= 11 is 0. The van der Waals surface area contributed by atoms with Crippen LogP contribution in [-0.2, 0) is 14.8 Å². The molecule has 0 aliphatic rings. The Morgan fingerprint density at radius 1 is 1.11 bits per heavy atom. The number of hydrogen-bond donors (Lipinski definition) is 3. The largest absolute Gasteiger partial charge is 0.480 e. The fourth-order valence-electron chi connectivity index (χ4n) is 3.42. The zero-order chi connectivity index (χ0) is 26.0. The second-order valence-electron chi connectivity index (χ2n) is 7.50. The molecular weight excluding hydrogens is 494 g/mol. The van der Waals surface area contributed by atoms with E-state index in [2.05, 4.69) is 14.7 Å². The number of halogens is 2. The smallest absolute Gasteiger partial charge is 0.328 e. The lowest BCUT2D eigenvalue weighted by molar-refractivity contribution is -0.131. The van der Waals surface area contributed by atoms with Crippen molar-refractivity contribution in [1.29, 1.82) is 0 Å². The summed E-state index contributed by atoms with van der Waals surface area (Å²) < 4.78 is 60.3. The lowest BCUT2D eigenvalue weighted by Gasteiger charge is -2.13. The number of ether oxygens (including phenoxy) is 1. The molecule has 0 atom stereocenters. The molecule has 0 unspecified atom stereocenters. The summed E-state index contributed by atoms with van der Waals surface area (Å²) in [4.78, 5) is 18.5. The van der Waals surface area contributed by atoms with Crippen LogP contribution in [0.1, 0.15) is 5.56 Å². The van der Waals surface area contributed by atoms with Gasteiger partial charge in [-0.25, -0.2) is 32.0 Å². The van der Waals surface area contributed by atoms with E-state index in [9.17, 15) is 22.0 Å². The van der Waals surface area contributed by atoms with Gasteiger partial charge in [-0.05, 0) is 48.0 Å². The number of carboxylic acids is 1. The minimum Gasteiger partial charge on any atom is -0.480 e. The zero-order valence-electron chi connectivity index (χ0n) is 18.6. The van der Waals surface area contributed by atoms with Gasteiger partial charge in [0.1, 0.15) is 28.0 Å². The highest BCUT2D eigenvalue weighted by molar-refractivity contribution is 7.92. The molecule has 0 aliphatic carbocycles. The molecule has 9 nitrogen and oxygen atoms in total. The summed E-state index contributed by atoms with van der Waals surface area (Å²) in [5.74, 6) is -3.21. The number of rotatable bonds is 7. The first-order chi connectivity index (χ1) is 17.1. The molecule has 0 radical (unpaired) electrons. The number of methoxy groups -OCH3 is 1. The van der Waals surface area contributed by atoms with E-state index in [-0.39, 0.29) is 17.4 Å². The molecule has 36 heavy (non-hydrogen) atoms. The summed E-state index contributed by atoms with van der Waals surface area (Å²) in [7, 11) is -3.15. The normalized spacial score (nSPS) is 11.6. The first-order valence-corrected chi connectivity index (χ1v) is 11.7. The molecule has 0 saturated carbocycles. The van der Waals surface area contributed by atoms with Crippen molar-refractivity contribution in [2.24, 2.45) is 0 Å².